The minimum absolute atomic E-state index is 0.116. The lowest BCUT2D eigenvalue weighted by Gasteiger charge is -2.19. The van der Waals surface area contributed by atoms with E-state index in [2.05, 4.69) is 5.16 Å². The van der Waals surface area contributed by atoms with E-state index in [1.165, 1.54) is 42.3 Å². The van der Waals surface area contributed by atoms with Crippen molar-refractivity contribution in [1.29, 1.82) is 0 Å². The number of benzene rings is 1. The zero-order chi connectivity index (χ0) is 16.1. The first kappa shape index (κ1) is 16.1. The minimum atomic E-state index is -0.776. The Morgan fingerprint density at radius 2 is 2.14 bits per heavy atom. The summed E-state index contributed by atoms with van der Waals surface area (Å²) < 4.78 is 22.8. The standard InChI is InChI=1S/C15H17FN2O4/c1-18(8-12(19)9-21-2)15(20)13-7-14(22-17-13)10-3-5-11(16)6-4-10/h3-7,12,19H,8-9H2,1-2H3. The molecule has 6 nitrogen and oxygen atoms in total. The number of rotatable bonds is 6. The van der Waals surface area contributed by atoms with Gasteiger partial charge in [-0.25, -0.2) is 4.39 Å². The molecule has 0 aliphatic rings. The van der Waals surface area contributed by atoms with Crippen LogP contribution in [0.1, 0.15) is 10.5 Å². The number of ether oxygens (including phenoxy) is 1. The SMILES string of the molecule is COCC(O)CN(C)C(=O)c1cc(-c2ccc(F)cc2)on1. The van der Waals surface area contributed by atoms with Gasteiger partial charge in [-0.2, -0.15) is 0 Å². The first-order valence-electron chi connectivity index (χ1n) is 6.66. The molecular formula is C15H17FN2O4. The molecule has 118 valence electrons. The van der Waals surface area contributed by atoms with Crippen molar-refractivity contribution in [2.45, 2.75) is 6.10 Å². The van der Waals surface area contributed by atoms with Crippen molar-refractivity contribution in [2.75, 3.05) is 27.3 Å². The Labute approximate surface area is 127 Å². The van der Waals surface area contributed by atoms with Gasteiger partial charge in [0.1, 0.15) is 5.82 Å². The lowest BCUT2D eigenvalue weighted by atomic mass is 10.1. The summed E-state index contributed by atoms with van der Waals surface area (Å²) in [6.07, 6.45) is -0.776. The first-order chi connectivity index (χ1) is 10.5. The highest BCUT2D eigenvalue weighted by Crippen LogP contribution is 2.21. The average molecular weight is 308 g/mol. The third-order valence-electron chi connectivity index (χ3n) is 3.05. The molecule has 0 saturated heterocycles. The highest BCUT2D eigenvalue weighted by molar-refractivity contribution is 5.93. The van der Waals surface area contributed by atoms with Crippen molar-refractivity contribution in [2.24, 2.45) is 0 Å². The summed E-state index contributed by atoms with van der Waals surface area (Å²) in [5.41, 5.74) is 0.737. The molecule has 2 aromatic rings. The molecule has 0 aliphatic carbocycles. The van der Waals surface area contributed by atoms with Crippen LogP contribution in [0.25, 0.3) is 11.3 Å². The largest absolute Gasteiger partial charge is 0.389 e. The number of aromatic nitrogens is 1. The molecule has 0 bridgehead atoms. The van der Waals surface area contributed by atoms with E-state index in [9.17, 15) is 14.3 Å². The second-order valence-electron chi connectivity index (χ2n) is 4.88. The molecule has 1 aromatic carbocycles. The van der Waals surface area contributed by atoms with Gasteiger partial charge in [0, 0.05) is 32.3 Å². The van der Waals surface area contributed by atoms with Gasteiger partial charge in [-0.15, -0.1) is 0 Å². The molecule has 1 N–H and O–H groups in total. The van der Waals surface area contributed by atoms with Crippen LogP contribution >= 0.6 is 0 Å². The normalized spacial score (nSPS) is 12.2. The smallest absolute Gasteiger partial charge is 0.275 e. The van der Waals surface area contributed by atoms with E-state index < -0.39 is 6.10 Å². The molecule has 1 amide bonds. The van der Waals surface area contributed by atoms with E-state index in [0.29, 0.717) is 11.3 Å². The predicted molar refractivity (Wildman–Crippen MR) is 76.7 cm³/mol. The predicted octanol–water partition coefficient (Wildman–Crippen LogP) is 1.56. The molecule has 0 saturated carbocycles. The number of halogens is 1. The van der Waals surface area contributed by atoms with Gasteiger partial charge in [0.15, 0.2) is 11.5 Å². The molecule has 0 spiro atoms. The van der Waals surface area contributed by atoms with Crippen LogP contribution in [-0.4, -0.2) is 54.5 Å². The summed E-state index contributed by atoms with van der Waals surface area (Å²) in [5, 5.41) is 13.3. The first-order valence-corrected chi connectivity index (χ1v) is 6.66. The summed E-state index contributed by atoms with van der Waals surface area (Å²) in [7, 11) is 3.02. The van der Waals surface area contributed by atoms with Gasteiger partial charge < -0.3 is 19.3 Å². The molecule has 0 aliphatic heterocycles. The highest BCUT2D eigenvalue weighted by Gasteiger charge is 2.19. The Kier molecular flexibility index (Phi) is 5.24. The van der Waals surface area contributed by atoms with Crippen LogP contribution in [0.4, 0.5) is 4.39 Å². The molecule has 1 atom stereocenters. The molecule has 2 rings (SSSR count). The fraction of sp³-hybridized carbons (Fsp3) is 0.333. The topological polar surface area (TPSA) is 75.8 Å². The number of nitrogens with zero attached hydrogens (tertiary/aromatic N) is 2. The summed E-state index contributed by atoms with van der Waals surface area (Å²) in [6.45, 7) is 0.253. The van der Waals surface area contributed by atoms with E-state index >= 15 is 0 Å². The van der Waals surface area contributed by atoms with Gasteiger partial charge in [-0.3, -0.25) is 4.79 Å². The van der Waals surface area contributed by atoms with Gasteiger partial charge in [0.05, 0.1) is 12.7 Å². The number of aliphatic hydroxyl groups is 1. The van der Waals surface area contributed by atoms with Crippen LogP contribution in [0, 0.1) is 5.82 Å². The van der Waals surface area contributed by atoms with Crippen molar-refractivity contribution in [3.05, 3.63) is 41.8 Å². The number of aliphatic hydroxyl groups excluding tert-OH is 1. The Hall–Kier alpha value is -2.25. The number of hydrogen-bond donors (Lipinski definition) is 1. The van der Waals surface area contributed by atoms with Crippen molar-refractivity contribution in [3.8, 4) is 11.3 Å². The maximum atomic E-state index is 12.9. The summed E-state index contributed by atoms with van der Waals surface area (Å²) >= 11 is 0. The van der Waals surface area contributed by atoms with E-state index in [-0.39, 0.29) is 30.6 Å². The Balaban J connectivity index is 2.07. The zero-order valence-electron chi connectivity index (χ0n) is 12.3. The van der Waals surface area contributed by atoms with Crippen LogP contribution < -0.4 is 0 Å². The van der Waals surface area contributed by atoms with Crippen molar-refractivity contribution < 1.29 is 23.6 Å². The van der Waals surface area contributed by atoms with E-state index in [4.69, 9.17) is 9.26 Å². The molecule has 0 fully saturated rings. The Bertz CT molecular complexity index is 627. The zero-order valence-corrected chi connectivity index (χ0v) is 12.3. The molecule has 1 heterocycles. The van der Waals surface area contributed by atoms with E-state index in [0.717, 1.165) is 0 Å². The lowest BCUT2D eigenvalue weighted by molar-refractivity contribution is 0.0376. The quantitative estimate of drug-likeness (QED) is 0.876. The van der Waals surface area contributed by atoms with Crippen LogP contribution in [0.3, 0.4) is 0 Å². The van der Waals surface area contributed by atoms with Gasteiger partial charge in [-0.1, -0.05) is 5.16 Å². The molecule has 1 unspecified atom stereocenters. The Morgan fingerprint density at radius 1 is 1.45 bits per heavy atom. The van der Waals surface area contributed by atoms with Crippen molar-refractivity contribution in [1.82, 2.24) is 10.1 Å². The summed E-state index contributed by atoms with van der Waals surface area (Å²) in [4.78, 5) is 13.5. The van der Waals surface area contributed by atoms with Crippen LogP contribution in [0.5, 0.6) is 0 Å². The maximum absolute atomic E-state index is 12.9. The second kappa shape index (κ2) is 7.15. The summed E-state index contributed by atoms with van der Waals surface area (Å²) in [5.74, 6) is -0.368. The number of carbonyl (C=O) groups excluding carboxylic acids is 1. The molecule has 22 heavy (non-hydrogen) atoms. The lowest BCUT2D eigenvalue weighted by Crippen LogP contribution is -2.36. The molecular weight excluding hydrogens is 291 g/mol. The number of likely N-dealkylation sites (N-methyl/N-ethyl adjacent to an activating group) is 1. The second-order valence-corrected chi connectivity index (χ2v) is 4.88. The number of amides is 1. The third kappa shape index (κ3) is 3.90. The van der Waals surface area contributed by atoms with Gasteiger partial charge >= 0.3 is 0 Å². The minimum Gasteiger partial charge on any atom is -0.389 e. The van der Waals surface area contributed by atoms with Gasteiger partial charge in [0.2, 0.25) is 0 Å². The monoisotopic (exact) mass is 308 g/mol. The fourth-order valence-corrected chi connectivity index (χ4v) is 1.97. The van der Waals surface area contributed by atoms with Crippen molar-refractivity contribution >= 4 is 5.91 Å². The third-order valence-corrected chi connectivity index (χ3v) is 3.05. The highest BCUT2D eigenvalue weighted by atomic mass is 19.1. The van der Waals surface area contributed by atoms with Crippen molar-refractivity contribution in [3.63, 3.8) is 0 Å². The number of carbonyl (C=O) groups is 1. The van der Waals surface area contributed by atoms with Gasteiger partial charge in [-0.05, 0) is 24.3 Å². The average Bonchev–Trinajstić information content (AvgIpc) is 2.97. The van der Waals surface area contributed by atoms with Crippen LogP contribution in [0.15, 0.2) is 34.9 Å². The molecule has 0 radical (unpaired) electrons. The molecule has 7 heteroatoms. The van der Waals surface area contributed by atoms with E-state index in [1.807, 2.05) is 0 Å². The Morgan fingerprint density at radius 3 is 2.77 bits per heavy atom. The van der Waals surface area contributed by atoms with Gasteiger partial charge in [0.25, 0.3) is 5.91 Å². The summed E-state index contributed by atoms with van der Waals surface area (Å²) in [6, 6.07) is 7.15. The van der Waals surface area contributed by atoms with Crippen LogP contribution in [0.2, 0.25) is 0 Å². The fourth-order valence-electron chi connectivity index (χ4n) is 1.97. The number of methoxy groups -OCH3 is 1. The molecule has 1 aromatic heterocycles. The maximum Gasteiger partial charge on any atom is 0.275 e. The van der Waals surface area contributed by atoms with Crippen LogP contribution in [-0.2, 0) is 4.74 Å². The van der Waals surface area contributed by atoms with E-state index in [1.54, 1.807) is 7.05 Å². The number of hydrogen-bond acceptors (Lipinski definition) is 5.